The van der Waals surface area contributed by atoms with Gasteiger partial charge < -0.3 is 16.2 Å². The molecule has 0 saturated heterocycles. The van der Waals surface area contributed by atoms with Crippen molar-refractivity contribution in [3.05, 3.63) is 29.8 Å². The molecule has 1 amide bonds. The topological polar surface area (TPSA) is 75.3 Å². The van der Waals surface area contributed by atoms with Crippen LogP contribution in [0, 0.1) is 0 Å². The molecule has 0 spiro atoms. The normalized spacial score (nSPS) is 12.2. The first-order valence-electron chi connectivity index (χ1n) is 7.94. The minimum Gasteiger partial charge on any atom is -0.508 e. The maximum absolute atomic E-state index is 11.5. The summed E-state index contributed by atoms with van der Waals surface area (Å²) >= 11 is 0. The van der Waals surface area contributed by atoms with E-state index in [1.54, 1.807) is 12.1 Å². The van der Waals surface area contributed by atoms with Crippen LogP contribution in [0.1, 0.15) is 51.0 Å². The number of hydrogen-bond donors (Lipinski definition) is 3. The van der Waals surface area contributed by atoms with E-state index in [4.69, 9.17) is 5.73 Å². The number of phenolic OH excluding ortho intramolecular Hbond substituents is 1. The molecule has 1 unspecified atom stereocenters. The number of amides is 1. The number of benzene rings is 1. The highest BCUT2D eigenvalue weighted by Gasteiger charge is 2.14. The summed E-state index contributed by atoms with van der Waals surface area (Å²) in [5.74, 6) is -0.0940. The van der Waals surface area contributed by atoms with E-state index in [0.717, 1.165) is 18.5 Å². The van der Waals surface area contributed by atoms with E-state index in [1.807, 2.05) is 12.1 Å². The Bertz CT molecular complexity index is 404. The van der Waals surface area contributed by atoms with Crippen molar-refractivity contribution in [2.45, 2.75) is 57.9 Å². The molecule has 118 valence electrons. The third kappa shape index (κ3) is 7.71. The second-order valence-electron chi connectivity index (χ2n) is 5.55. The molecule has 0 fully saturated rings. The Morgan fingerprint density at radius 2 is 1.76 bits per heavy atom. The van der Waals surface area contributed by atoms with Gasteiger partial charge >= 0.3 is 0 Å². The summed E-state index contributed by atoms with van der Waals surface area (Å²) in [6.07, 6.45) is 7.94. The van der Waals surface area contributed by atoms with Gasteiger partial charge in [-0.15, -0.1) is 0 Å². The number of unbranched alkanes of at least 4 members (excludes halogenated alkanes) is 5. The zero-order chi connectivity index (χ0) is 15.5. The van der Waals surface area contributed by atoms with Crippen LogP contribution in [0.4, 0.5) is 0 Å². The van der Waals surface area contributed by atoms with E-state index in [0.29, 0.717) is 6.42 Å². The summed E-state index contributed by atoms with van der Waals surface area (Å²) in [7, 11) is 0. The molecule has 1 atom stereocenters. The minimum atomic E-state index is -0.342. The van der Waals surface area contributed by atoms with Gasteiger partial charge in [0, 0.05) is 0 Å². The lowest BCUT2D eigenvalue weighted by Crippen LogP contribution is -2.43. The van der Waals surface area contributed by atoms with Gasteiger partial charge in [0.1, 0.15) is 5.75 Å². The van der Waals surface area contributed by atoms with E-state index in [2.05, 4.69) is 12.2 Å². The number of primary amides is 1. The highest BCUT2D eigenvalue weighted by Crippen LogP contribution is 2.11. The van der Waals surface area contributed by atoms with Crippen LogP contribution in [0.25, 0.3) is 0 Å². The van der Waals surface area contributed by atoms with Crippen LogP contribution in [0.2, 0.25) is 0 Å². The van der Waals surface area contributed by atoms with Crippen molar-refractivity contribution >= 4 is 5.91 Å². The molecule has 0 aliphatic carbocycles. The van der Waals surface area contributed by atoms with E-state index in [1.165, 1.54) is 32.1 Å². The van der Waals surface area contributed by atoms with Crippen LogP contribution >= 0.6 is 0 Å². The first-order valence-corrected chi connectivity index (χ1v) is 7.94. The summed E-state index contributed by atoms with van der Waals surface area (Å²) in [5.41, 5.74) is 6.44. The molecule has 0 bridgehead atoms. The Morgan fingerprint density at radius 3 is 2.38 bits per heavy atom. The average molecular weight is 292 g/mol. The predicted octanol–water partition coefficient (Wildman–Crippen LogP) is 2.74. The van der Waals surface area contributed by atoms with Crippen molar-refractivity contribution in [3.8, 4) is 5.75 Å². The van der Waals surface area contributed by atoms with Gasteiger partial charge in [-0.3, -0.25) is 4.79 Å². The summed E-state index contributed by atoms with van der Waals surface area (Å²) in [6.45, 7) is 3.03. The first kappa shape index (κ1) is 17.5. The Hall–Kier alpha value is -1.55. The average Bonchev–Trinajstić information content (AvgIpc) is 2.47. The molecule has 0 heterocycles. The number of carbonyl (C=O) groups excluding carboxylic acids is 1. The van der Waals surface area contributed by atoms with Crippen molar-refractivity contribution < 1.29 is 9.90 Å². The number of hydrogen-bond acceptors (Lipinski definition) is 3. The molecule has 4 nitrogen and oxygen atoms in total. The van der Waals surface area contributed by atoms with E-state index in [-0.39, 0.29) is 17.7 Å². The fourth-order valence-electron chi connectivity index (χ4n) is 2.32. The smallest absolute Gasteiger partial charge is 0.234 e. The molecule has 1 rings (SSSR count). The van der Waals surface area contributed by atoms with Crippen molar-refractivity contribution in [2.75, 3.05) is 6.54 Å². The maximum Gasteiger partial charge on any atom is 0.234 e. The number of aromatic hydroxyl groups is 1. The molecule has 0 aliphatic heterocycles. The van der Waals surface area contributed by atoms with Crippen molar-refractivity contribution in [1.82, 2.24) is 5.32 Å². The summed E-state index contributed by atoms with van der Waals surface area (Å²) in [6, 6.07) is 6.54. The fourth-order valence-corrected chi connectivity index (χ4v) is 2.32. The maximum atomic E-state index is 11.5. The predicted molar refractivity (Wildman–Crippen MR) is 86.2 cm³/mol. The number of rotatable bonds is 11. The highest BCUT2D eigenvalue weighted by molar-refractivity contribution is 5.80. The summed E-state index contributed by atoms with van der Waals surface area (Å²) < 4.78 is 0. The van der Waals surface area contributed by atoms with Gasteiger partial charge in [-0.2, -0.15) is 0 Å². The van der Waals surface area contributed by atoms with Crippen LogP contribution < -0.4 is 11.1 Å². The van der Waals surface area contributed by atoms with Gasteiger partial charge in [0.05, 0.1) is 6.04 Å². The number of carbonyl (C=O) groups is 1. The minimum absolute atomic E-state index is 0.231. The van der Waals surface area contributed by atoms with Gasteiger partial charge in [-0.1, -0.05) is 51.2 Å². The van der Waals surface area contributed by atoms with Crippen LogP contribution in [0.3, 0.4) is 0 Å². The number of phenols is 1. The monoisotopic (exact) mass is 292 g/mol. The molecule has 0 aromatic heterocycles. The SMILES string of the molecule is CCCCCCCCNC(Cc1ccc(O)cc1)C(N)=O. The van der Waals surface area contributed by atoms with Gasteiger partial charge in [-0.05, 0) is 37.1 Å². The molecule has 4 N–H and O–H groups in total. The largest absolute Gasteiger partial charge is 0.508 e. The summed E-state index contributed by atoms with van der Waals surface area (Å²) in [4.78, 5) is 11.5. The molecule has 21 heavy (non-hydrogen) atoms. The highest BCUT2D eigenvalue weighted by atomic mass is 16.3. The molecule has 0 aliphatic rings. The van der Waals surface area contributed by atoms with Gasteiger partial charge in [0.2, 0.25) is 5.91 Å². The van der Waals surface area contributed by atoms with Crippen LogP contribution in [0.15, 0.2) is 24.3 Å². The van der Waals surface area contributed by atoms with Crippen LogP contribution in [-0.2, 0) is 11.2 Å². The van der Waals surface area contributed by atoms with E-state index in [9.17, 15) is 9.90 Å². The van der Waals surface area contributed by atoms with E-state index >= 15 is 0 Å². The van der Waals surface area contributed by atoms with Crippen molar-refractivity contribution in [1.29, 1.82) is 0 Å². The lowest BCUT2D eigenvalue weighted by Gasteiger charge is -2.15. The molecular weight excluding hydrogens is 264 g/mol. The van der Waals surface area contributed by atoms with Gasteiger partial charge in [-0.25, -0.2) is 0 Å². The molecule has 0 saturated carbocycles. The lowest BCUT2D eigenvalue weighted by molar-refractivity contribution is -0.120. The van der Waals surface area contributed by atoms with E-state index < -0.39 is 0 Å². The van der Waals surface area contributed by atoms with Crippen molar-refractivity contribution in [2.24, 2.45) is 5.73 Å². The second-order valence-corrected chi connectivity index (χ2v) is 5.55. The van der Waals surface area contributed by atoms with Gasteiger partial charge in [0.25, 0.3) is 0 Å². The molecule has 1 aromatic carbocycles. The molecule has 4 heteroatoms. The quantitative estimate of drug-likeness (QED) is 0.549. The fraction of sp³-hybridized carbons (Fsp3) is 0.588. The number of nitrogens with two attached hydrogens (primary N) is 1. The zero-order valence-corrected chi connectivity index (χ0v) is 13.0. The first-order chi connectivity index (χ1) is 10.1. The Labute approximate surface area is 127 Å². The molecule has 1 aromatic rings. The standard InChI is InChI=1S/C17H28N2O2/c1-2-3-4-5-6-7-12-19-16(17(18)21)13-14-8-10-15(20)11-9-14/h8-11,16,19-20H,2-7,12-13H2,1H3,(H2,18,21). The van der Waals surface area contributed by atoms with Crippen LogP contribution in [0.5, 0.6) is 5.75 Å². The lowest BCUT2D eigenvalue weighted by atomic mass is 10.0. The molecular formula is C17H28N2O2. The second kappa shape index (κ2) is 10.2. The number of nitrogens with one attached hydrogen (secondary N) is 1. The third-order valence-electron chi connectivity index (χ3n) is 3.64. The summed E-state index contributed by atoms with van der Waals surface area (Å²) in [5, 5.41) is 12.5. The third-order valence-corrected chi connectivity index (χ3v) is 3.64. The molecule has 0 radical (unpaired) electrons. The Balaban J connectivity index is 2.27. The zero-order valence-electron chi connectivity index (χ0n) is 13.0. The Kier molecular flexibility index (Phi) is 8.51. The van der Waals surface area contributed by atoms with Gasteiger partial charge in [0.15, 0.2) is 0 Å². The Morgan fingerprint density at radius 1 is 1.14 bits per heavy atom. The van der Waals surface area contributed by atoms with Crippen LogP contribution in [-0.4, -0.2) is 23.6 Å². The van der Waals surface area contributed by atoms with Crippen molar-refractivity contribution in [3.63, 3.8) is 0 Å².